The zero-order chi connectivity index (χ0) is 12.6. The van der Waals surface area contributed by atoms with Gasteiger partial charge in [-0.3, -0.25) is 0 Å². The molecule has 1 aromatic carbocycles. The monoisotopic (exact) mass is 298 g/mol. The van der Waals surface area contributed by atoms with Gasteiger partial charge < -0.3 is 9.47 Å². The molecule has 0 radical (unpaired) electrons. The van der Waals surface area contributed by atoms with Gasteiger partial charge in [-0.1, -0.05) is 33.6 Å². The molecule has 3 atom stereocenters. The smallest absolute Gasteiger partial charge is 0.170 e. The van der Waals surface area contributed by atoms with E-state index in [1.165, 1.54) is 22.3 Å². The van der Waals surface area contributed by atoms with E-state index in [0.717, 1.165) is 6.42 Å². The second-order valence-electron chi connectivity index (χ2n) is 4.79. The lowest BCUT2D eigenvalue weighted by molar-refractivity contribution is -0.113. The van der Waals surface area contributed by atoms with Crippen LogP contribution in [0.2, 0.25) is 0 Å². The van der Waals surface area contributed by atoms with Crippen molar-refractivity contribution in [3.63, 3.8) is 0 Å². The van der Waals surface area contributed by atoms with E-state index >= 15 is 0 Å². The first-order valence-electron chi connectivity index (χ1n) is 5.93. The first-order chi connectivity index (χ1) is 8.02. The average Bonchev–Trinajstić information content (AvgIpc) is 2.57. The molecule has 1 heterocycles. The Hall–Kier alpha value is -0.380. The van der Waals surface area contributed by atoms with Crippen LogP contribution in [0.15, 0.2) is 12.1 Å². The van der Waals surface area contributed by atoms with Crippen LogP contribution in [-0.4, -0.2) is 18.2 Å². The van der Waals surface area contributed by atoms with Gasteiger partial charge in [-0.15, -0.1) is 0 Å². The Bertz CT molecular complexity index is 394. The summed E-state index contributed by atoms with van der Waals surface area (Å²) in [6.45, 7) is 6.44. The summed E-state index contributed by atoms with van der Waals surface area (Å²) in [5, 5.41) is 0. The number of rotatable bonds is 2. The molecule has 2 nitrogen and oxygen atoms in total. The summed E-state index contributed by atoms with van der Waals surface area (Å²) in [6.07, 6.45) is 0.966. The van der Waals surface area contributed by atoms with E-state index in [9.17, 15) is 0 Å². The lowest BCUT2D eigenvalue weighted by Crippen LogP contribution is -2.17. The van der Waals surface area contributed by atoms with Crippen LogP contribution < -0.4 is 0 Å². The van der Waals surface area contributed by atoms with E-state index in [1.54, 1.807) is 7.11 Å². The Labute approximate surface area is 111 Å². The topological polar surface area (TPSA) is 18.5 Å². The maximum Gasteiger partial charge on any atom is 0.170 e. The van der Waals surface area contributed by atoms with Gasteiger partial charge in [-0.05, 0) is 43.9 Å². The number of halogens is 1. The van der Waals surface area contributed by atoms with Crippen molar-refractivity contribution in [2.24, 2.45) is 0 Å². The van der Waals surface area contributed by atoms with Crippen molar-refractivity contribution >= 4 is 15.9 Å². The lowest BCUT2D eigenvalue weighted by atomic mass is 9.94. The Morgan fingerprint density at radius 3 is 2.29 bits per heavy atom. The normalized spacial score (nSPS) is 28.6. The number of benzene rings is 1. The van der Waals surface area contributed by atoms with E-state index in [4.69, 9.17) is 9.47 Å². The summed E-state index contributed by atoms with van der Waals surface area (Å²) < 4.78 is 11.3. The maximum atomic E-state index is 5.94. The Kier molecular flexibility index (Phi) is 3.91. The standard InChI is InChI=1S/C14H19BrO2/c1-8-5-9(2)13(10(3)6-8)12-7-11(15)14(16-4)17-12/h5-6,11-12,14H,7H2,1-4H3/t11-,12+,14-/m0/s1. The van der Waals surface area contributed by atoms with Gasteiger partial charge in [0.05, 0.1) is 10.9 Å². The maximum absolute atomic E-state index is 5.94. The highest BCUT2D eigenvalue weighted by molar-refractivity contribution is 9.09. The molecular formula is C14H19BrO2. The predicted molar refractivity (Wildman–Crippen MR) is 72.6 cm³/mol. The van der Waals surface area contributed by atoms with Crippen LogP contribution in [0.25, 0.3) is 0 Å². The zero-order valence-electron chi connectivity index (χ0n) is 10.8. The van der Waals surface area contributed by atoms with Gasteiger partial charge >= 0.3 is 0 Å². The van der Waals surface area contributed by atoms with Crippen LogP contribution in [0.4, 0.5) is 0 Å². The summed E-state index contributed by atoms with van der Waals surface area (Å²) >= 11 is 3.62. The van der Waals surface area contributed by atoms with Crippen molar-refractivity contribution in [3.05, 3.63) is 34.4 Å². The molecule has 1 aliphatic heterocycles. The van der Waals surface area contributed by atoms with Crippen LogP contribution >= 0.6 is 15.9 Å². The molecule has 3 heteroatoms. The van der Waals surface area contributed by atoms with Crippen molar-refractivity contribution in [1.82, 2.24) is 0 Å². The summed E-state index contributed by atoms with van der Waals surface area (Å²) in [5.41, 5.74) is 5.24. The average molecular weight is 299 g/mol. The molecule has 1 aliphatic rings. The van der Waals surface area contributed by atoms with Gasteiger partial charge in [0.15, 0.2) is 6.29 Å². The first-order valence-corrected chi connectivity index (χ1v) is 6.84. The summed E-state index contributed by atoms with van der Waals surface area (Å²) in [5.74, 6) is 0. The molecule has 1 fully saturated rings. The number of aryl methyl sites for hydroxylation is 3. The van der Waals surface area contributed by atoms with Crippen LogP contribution in [0.1, 0.15) is 34.8 Å². The van der Waals surface area contributed by atoms with Gasteiger partial charge in [0.2, 0.25) is 0 Å². The van der Waals surface area contributed by atoms with Gasteiger partial charge in [0, 0.05) is 7.11 Å². The molecule has 17 heavy (non-hydrogen) atoms. The van der Waals surface area contributed by atoms with Gasteiger partial charge in [0.25, 0.3) is 0 Å². The second kappa shape index (κ2) is 5.09. The third kappa shape index (κ3) is 2.56. The molecule has 0 unspecified atom stereocenters. The van der Waals surface area contributed by atoms with Crippen LogP contribution in [0.5, 0.6) is 0 Å². The number of methoxy groups -OCH3 is 1. The minimum atomic E-state index is -0.139. The van der Waals surface area contributed by atoms with E-state index < -0.39 is 0 Å². The molecule has 0 saturated carbocycles. The Morgan fingerprint density at radius 2 is 1.82 bits per heavy atom. The fraction of sp³-hybridized carbons (Fsp3) is 0.571. The Balaban J connectivity index is 2.30. The minimum absolute atomic E-state index is 0.139. The van der Waals surface area contributed by atoms with Crippen molar-refractivity contribution < 1.29 is 9.47 Å². The number of alkyl halides is 1. The van der Waals surface area contributed by atoms with Gasteiger partial charge in [0.1, 0.15) is 0 Å². The second-order valence-corrected chi connectivity index (χ2v) is 5.97. The lowest BCUT2D eigenvalue weighted by Gasteiger charge is -2.18. The first kappa shape index (κ1) is 13.1. The van der Waals surface area contributed by atoms with Gasteiger partial charge in [-0.2, -0.15) is 0 Å². The van der Waals surface area contributed by atoms with Crippen LogP contribution in [-0.2, 0) is 9.47 Å². The van der Waals surface area contributed by atoms with E-state index in [-0.39, 0.29) is 17.2 Å². The Morgan fingerprint density at radius 1 is 1.24 bits per heavy atom. The number of hydrogen-bond acceptors (Lipinski definition) is 2. The van der Waals surface area contributed by atoms with Gasteiger partial charge in [-0.25, -0.2) is 0 Å². The minimum Gasteiger partial charge on any atom is -0.355 e. The van der Waals surface area contributed by atoms with Crippen molar-refractivity contribution in [3.8, 4) is 0 Å². The SMILES string of the molecule is CO[C@H]1O[C@@H](c2c(C)cc(C)cc2C)C[C@@H]1Br. The largest absolute Gasteiger partial charge is 0.355 e. The molecule has 0 spiro atoms. The third-order valence-electron chi connectivity index (χ3n) is 3.33. The molecule has 94 valence electrons. The number of ether oxygens (including phenoxy) is 2. The predicted octanol–water partition coefficient (Wildman–Crippen LogP) is 3.81. The fourth-order valence-electron chi connectivity index (χ4n) is 2.71. The van der Waals surface area contributed by atoms with E-state index in [0.29, 0.717) is 0 Å². The highest BCUT2D eigenvalue weighted by Gasteiger charge is 2.35. The van der Waals surface area contributed by atoms with Crippen molar-refractivity contribution in [1.29, 1.82) is 0 Å². The molecule has 0 bridgehead atoms. The summed E-state index contributed by atoms with van der Waals surface area (Å²) in [4.78, 5) is 0.276. The molecule has 0 amide bonds. The van der Waals surface area contributed by atoms with E-state index in [1.807, 2.05) is 0 Å². The molecule has 0 aromatic heterocycles. The van der Waals surface area contributed by atoms with Crippen molar-refractivity contribution in [2.45, 2.75) is 44.4 Å². The highest BCUT2D eigenvalue weighted by Crippen LogP contribution is 2.39. The van der Waals surface area contributed by atoms with Crippen molar-refractivity contribution in [2.75, 3.05) is 7.11 Å². The third-order valence-corrected chi connectivity index (χ3v) is 4.13. The highest BCUT2D eigenvalue weighted by atomic mass is 79.9. The molecular weight excluding hydrogens is 280 g/mol. The van der Waals surface area contributed by atoms with Crippen LogP contribution in [0.3, 0.4) is 0 Å². The molecule has 0 aliphatic carbocycles. The van der Waals surface area contributed by atoms with E-state index in [2.05, 4.69) is 48.8 Å². The molecule has 1 saturated heterocycles. The molecule has 0 N–H and O–H groups in total. The number of hydrogen-bond donors (Lipinski definition) is 0. The molecule has 2 rings (SSSR count). The summed E-state index contributed by atoms with van der Waals surface area (Å²) in [6, 6.07) is 4.43. The quantitative estimate of drug-likeness (QED) is 0.773. The molecule has 1 aromatic rings. The summed E-state index contributed by atoms with van der Waals surface area (Å²) in [7, 11) is 1.69. The zero-order valence-corrected chi connectivity index (χ0v) is 12.4. The van der Waals surface area contributed by atoms with Crippen LogP contribution in [0, 0.1) is 20.8 Å². The fourth-order valence-corrected chi connectivity index (χ4v) is 3.39.